The Bertz CT molecular complexity index is 1300. The molecule has 5 rings (SSSR count). The lowest BCUT2D eigenvalue weighted by atomic mass is 9.96. The van der Waals surface area contributed by atoms with E-state index in [1.165, 1.54) is 6.20 Å². The van der Waals surface area contributed by atoms with Crippen LogP contribution in [-0.4, -0.2) is 21.2 Å². The zero-order valence-electron chi connectivity index (χ0n) is 14.4. The van der Waals surface area contributed by atoms with Gasteiger partial charge in [-0.3, -0.25) is 4.79 Å². The van der Waals surface area contributed by atoms with E-state index in [0.717, 1.165) is 27.9 Å². The van der Waals surface area contributed by atoms with Crippen LogP contribution < -0.4 is 5.73 Å². The summed E-state index contributed by atoms with van der Waals surface area (Å²) in [4.78, 5) is 17.1. The van der Waals surface area contributed by atoms with Crippen LogP contribution in [0.5, 0.6) is 0 Å². The summed E-state index contributed by atoms with van der Waals surface area (Å²) in [6.07, 6.45) is 3.32. The fourth-order valence-electron chi connectivity index (χ4n) is 3.60. The van der Waals surface area contributed by atoms with Gasteiger partial charge in [0.05, 0.1) is 28.7 Å². The van der Waals surface area contributed by atoms with Gasteiger partial charge in [0.1, 0.15) is 0 Å². The number of benzene rings is 2. The second-order valence-electron chi connectivity index (χ2n) is 6.46. The van der Waals surface area contributed by atoms with Gasteiger partial charge in [-0.1, -0.05) is 41.4 Å². The van der Waals surface area contributed by atoms with E-state index in [4.69, 9.17) is 33.9 Å². The van der Waals surface area contributed by atoms with Crippen LogP contribution in [0.2, 0.25) is 10.0 Å². The van der Waals surface area contributed by atoms with E-state index in [1.807, 2.05) is 48.7 Å². The molecule has 7 heteroatoms. The number of amides is 1. The van der Waals surface area contributed by atoms with Crippen LogP contribution in [0.1, 0.15) is 21.5 Å². The molecule has 0 saturated carbocycles. The van der Waals surface area contributed by atoms with Crippen LogP contribution in [-0.2, 0) is 0 Å². The molecule has 2 aromatic heterocycles. The van der Waals surface area contributed by atoms with Gasteiger partial charge in [0.2, 0.25) is 0 Å². The number of hydrogen-bond acceptors (Lipinski definition) is 3. The molecule has 0 radical (unpaired) electrons. The standard InChI is InChI=1S/C21H12Cl2N4O/c22-12-7-11(8-13(23)9-12)19-15-5-6-27-20(15)18(16(10-25-27)21(24)28)14-3-1-2-4-17(14)26-19/h1-10H,(H2,24,28). The highest BCUT2D eigenvalue weighted by Gasteiger charge is 2.25. The molecule has 1 aliphatic rings. The number of nitrogens with two attached hydrogens (primary N) is 1. The Morgan fingerprint density at radius 2 is 1.75 bits per heavy atom. The van der Waals surface area contributed by atoms with Gasteiger partial charge in [-0.05, 0) is 30.3 Å². The van der Waals surface area contributed by atoms with Crippen molar-refractivity contribution in [3.63, 3.8) is 0 Å². The molecule has 3 heterocycles. The normalized spacial score (nSPS) is 12.4. The van der Waals surface area contributed by atoms with Crippen LogP contribution in [0.15, 0.2) is 65.9 Å². The number of para-hydroxylation sites is 1. The number of carbonyl (C=O) groups excluding carboxylic acids is 1. The lowest BCUT2D eigenvalue weighted by Gasteiger charge is -2.10. The number of aliphatic imine (C=N–C) groups is 1. The van der Waals surface area contributed by atoms with Crippen molar-refractivity contribution in [2.24, 2.45) is 10.7 Å². The number of hydrogen-bond donors (Lipinski definition) is 1. The van der Waals surface area contributed by atoms with E-state index in [9.17, 15) is 4.79 Å². The van der Waals surface area contributed by atoms with Gasteiger partial charge < -0.3 is 5.73 Å². The SMILES string of the molecule is NC(=O)c1cnn2ccc3c2c1-c1ccccc1N=C3c1cc(Cl)cc(Cl)c1. The van der Waals surface area contributed by atoms with Gasteiger partial charge in [-0.15, -0.1) is 0 Å². The summed E-state index contributed by atoms with van der Waals surface area (Å²) in [6, 6.07) is 14.8. The zero-order valence-corrected chi connectivity index (χ0v) is 15.9. The molecule has 0 spiro atoms. The first-order valence-corrected chi connectivity index (χ1v) is 9.23. The predicted octanol–water partition coefficient (Wildman–Crippen LogP) is 4.89. The molecule has 2 aromatic carbocycles. The van der Waals surface area contributed by atoms with Gasteiger partial charge in [-0.25, -0.2) is 9.51 Å². The highest BCUT2D eigenvalue weighted by molar-refractivity contribution is 6.36. The predicted molar refractivity (Wildman–Crippen MR) is 111 cm³/mol. The summed E-state index contributed by atoms with van der Waals surface area (Å²) in [5.41, 5.74) is 11.3. The van der Waals surface area contributed by atoms with Crippen molar-refractivity contribution >= 4 is 46.0 Å². The Kier molecular flexibility index (Phi) is 3.75. The maximum atomic E-state index is 12.1. The van der Waals surface area contributed by atoms with Crippen molar-refractivity contribution in [1.29, 1.82) is 0 Å². The summed E-state index contributed by atoms with van der Waals surface area (Å²) < 4.78 is 1.72. The number of aromatic nitrogens is 2. The van der Waals surface area contributed by atoms with Crippen LogP contribution in [0.4, 0.5) is 5.69 Å². The molecule has 0 aliphatic carbocycles. The fourth-order valence-corrected chi connectivity index (χ4v) is 4.13. The minimum Gasteiger partial charge on any atom is -0.366 e. The van der Waals surface area contributed by atoms with Gasteiger partial charge in [-0.2, -0.15) is 5.10 Å². The summed E-state index contributed by atoms with van der Waals surface area (Å²) in [6.45, 7) is 0. The average Bonchev–Trinajstić information content (AvgIpc) is 3.02. The molecule has 0 unspecified atom stereocenters. The number of rotatable bonds is 2. The number of halogens is 2. The molecule has 5 nitrogen and oxygen atoms in total. The number of carbonyl (C=O) groups is 1. The number of nitrogens with zero attached hydrogens (tertiary/aromatic N) is 3. The molecular formula is C21H12Cl2N4O. The Balaban J connectivity index is 1.95. The first-order valence-electron chi connectivity index (χ1n) is 8.48. The second-order valence-corrected chi connectivity index (χ2v) is 7.33. The lowest BCUT2D eigenvalue weighted by Crippen LogP contribution is -2.14. The molecule has 0 atom stereocenters. The van der Waals surface area contributed by atoms with E-state index < -0.39 is 5.91 Å². The van der Waals surface area contributed by atoms with E-state index in [-0.39, 0.29) is 0 Å². The minimum atomic E-state index is -0.541. The highest BCUT2D eigenvalue weighted by Crippen LogP contribution is 2.41. The molecule has 136 valence electrons. The highest BCUT2D eigenvalue weighted by atomic mass is 35.5. The van der Waals surface area contributed by atoms with Crippen molar-refractivity contribution < 1.29 is 4.79 Å². The molecule has 1 aliphatic heterocycles. The first-order chi connectivity index (χ1) is 13.5. The largest absolute Gasteiger partial charge is 0.366 e. The van der Waals surface area contributed by atoms with E-state index in [1.54, 1.807) is 10.6 Å². The molecule has 0 saturated heterocycles. The second kappa shape index (κ2) is 6.19. The molecule has 2 N–H and O–H groups in total. The number of fused-ring (bicyclic) bond motifs is 2. The lowest BCUT2D eigenvalue weighted by molar-refractivity contribution is 0.100. The molecular weight excluding hydrogens is 395 g/mol. The Labute approximate surface area is 170 Å². The number of primary amides is 1. The Hall–Kier alpha value is -3.15. The van der Waals surface area contributed by atoms with Crippen LogP contribution in [0, 0.1) is 0 Å². The van der Waals surface area contributed by atoms with Gasteiger partial charge >= 0.3 is 0 Å². The molecule has 1 amide bonds. The van der Waals surface area contributed by atoms with Crippen molar-refractivity contribution in [2.75, 3.05) is 0 Å². The molecule has 0 fully saturated rings. The van der Waals surface area contributed by atoms with Gasteiger partial charge in [0.25, 0.3) is 5.91 Å². The van der Waals surface area contributed by atoms with Crippen molar-refractivity contribution in [3.05, 3.63) is 87.7 Å². The van der Waals surface area contributed by atoms with Crippen molar-refractivity contribution in [2.45, 2.75) is 0 Å². The summed E-state index contributed by atoms with van der Waals surface area (Å²) in [7, 11) is 0. The van der Waals surface area contributed by atoms with E-state index >= 15 is 0 Å². The third-order valence-corrected chi connectivity index (χ3v) is 5.18. The summed E-state index contributed by atoms with van der Waals surface area (Å²) in [5.74, 6) is -0.541. The monoisotopic (exact) mass is 406 g/mol. The third kappa shape index (κ3) is 2.52. The van der Waals surface area contributed by atoms with Gasteiger partial charge in [0.15, 0.2) is 0 Å². The van der Waals surface area contributed by atoms with E-state index in [2.05, 4.69) is 5.10 Å². The minimum absolute atomic E-state index is 0.348. The Morgan fingerprint density at radius 3 is 2.50 bits per heavy atom. The smallest absolute Gasteiger partial charge is 0.251 e. The van der Waals surface area contributed by atoms with Crippen molar-refractivity contribution in [3.8, 4) is 11.1 Å². The maximum Gasteiger partial charge on any atom is 0.251 e. The third-order valence-electron chi connectivity index (χ3n) is 4.75. The van der Waals surface area contributed by atoms with Crippen LogP contribution in [0.3, 0.4) is 0 Å². The summed E-state index contributed by atoms with van der Waals surface area (Å²) in [5, 5.41) is 5.38. The molecule has 28 heavy (non-hydrogen) atoms. The maximum absolute atomic E-state index is 12.1. The first kappa shape index (κ1) is 17.0. The van der Waals surface area contributed by atoms with Crippen LogP contribution in [0.25, 0.3) is 16.6 Å². The Morgan fingerprint density at radius 1 is 1.00 bits per heavy atom. The average molecular weight is 407 g/mol. The van der Waals surface area contributed by atoms with Gasteiger partial charge in [0, 0.05) is 38.5 Å². The van der Waals surface area contributed by atoms with Crippen LogP contribution >= 0.6 is 23.2 Å². The fraction of sp³-hybridized carbons (Fsp3) is 0. The molecule has 0 bridgehead atoms. The quantitative estimate of drug-likeness (QED) is 0.453. The van der Waals surface area contributed by atoms with E-state index in [0.29, 0.717) is 26.9 Å². The topological polar surface area (TPSA) is 72.8 Å². The van der Waals surface area contributed by atoms with Crippen molar-refractivity contribution in [1.82, 2.24) is 9.61 Å². The zero-order chi connectivity index (χ0) is 19.4. The summed E-state index contributed by atoms with van der Waals surface area (Å²) >= 11 is 12.5. The molecule has 4 aromatic rings.